The molecule has 0 saturated carbocycles. The van der Waals surface area contributed by atoms with Gasteiger partial charge in [0, 0.05) is 52.7 Å². The number of nitrogens with zero attached hydrogens (tertiary/aromatic N) is 2. The van der Waals surface area contributed by atoms with Crippen LogP contribution < -0.4 is 10.1 Å². The summed E-state index contributed by atoms with van der Waals surface area (Å²) in [7, 11) is -0.573. The Morgan fingerprint density at radius 1 is 1.15 bits per heavy atom. The van der Waals surface area contributed by atoms with Crippen LogP contribution in [0.3, 0.4) is 0 Å². The van der Waals surface area contributed by atoms with Crippen LogP contribution in [0, 0.1) is 0 Å². The number of methoxy groups -OCH3 is 1. The van der Waals surface area contributed by atoms with E-state index < -0.39 is 9.73 Å². The van der Waals surface area contributed by atoms with Gasteiger partial charge in [0.05, 0.1) is 28.0 Å². The van der Waals surface area contributed by atoms with Crippen LogP contribution in [0.4, 0.5) is 17.1 Å². The van der Waals surface area contributed by atoms with Gasteiger partial charge in [0.15, 0.2) is 0 Å². The highest BCUT2D eigenvalue weighted by Crippen LogP contribution is 2.32. The molecule has 0 spiro atoms. The van der Waals surface area contributed by atoms with Crippen molar-refractivity contribution in [2.24, 2.45) is 4.36 Å². The Hall–Kier alpha value is -2.80. The van der Waals surface area contributed by atoms with Gasteiger partial charge in [0.25, 0.3) is 0 Å². The van der Waals surface area contributed by atoms with Crippen molar-refractivity contribution in [1.29, 1.82) is 0 Å². The number of phenols is 1. The van der Waals surface area contributed by atoms with E-state index in [-0.39, 0.29) is 5.75 Å². The molecule has 2 N–H and O–H groups in total. The van der Waals surface area contributed by atoms with Gasteiger partial charge in [-0.2, -0.15) is 4.36 Å². The molecule has 140 valence electrons. The number of hydrogen-bond acceptors (Lipinski definition) is 6. The molecule has 6 nitrogen and oxygen atoms in total. The van der Waals surface area contributed by atoms with Gasteiger partial charge in [-0.15, -0.1) is 0 Å². The molecule has 27 heavy (non-hydrogen) atoms. The molecule has 4 rings (SSSR count). The molecule has 1 aliphatic rings. The number of phenolic OH excluding ortho intramolecular Hbond substituents is 1. The first-order valence-corrected chi connectivity index (χ1v) is 10.7. The number of fused-ring (bicyclic) bond motifs is 1. The first-order chi connectivity index (χ1) is 13.0. The third kappa shape index (κ3) is 3.83. The number of hydrogen-bond donors (Lipinski definition) is 2. The molecular weight excluding hydrogens is 362 g/mol. The average molecular weight is 383 g/mol. The van der Waals surface area contributed by atoms with Crippen LogP contribution in [-0.2, 0) is 9.73 Å². The maximum atomic E-state index is 12.7. The lowest BCUT2D eigenvalue weighted by Crippen LogP contribution is -1.99. The molecule has 3 aromatic rings. The Morgan fingerprint density at radius 3 is 2.74 bits per heavy atom. The van der Waals surface area contributed by atoms with Gasteiger partial charge in [-0.25, -0.2) is 4.21 Å². The van der Waals surface area contributed by atoms with Crippen LogP contribution in [0.1, 0.15) is 12.8 Å². The maximum Gasteiger partial charge on any atom is 0.124 e. The molecule has 0 atom stereocenters. The van der Waals surface area contributed by atoms with Gasteiger partial charge in [0.1, 0.15) is 11.5 Å². The summed E-state index contributed by atoms with van der Waals surface area (Å²) >= 11 is 0. The van der Waals surface area contributed by atoms with Crippen LogP contribution in [0.2, 0.25) is 0 Å². The first kappa shape index (κ1) is 17.6. The van der Waals surface area contributed by atoms with E-state index in [1.165, 1.54) is 0 Å². The van der Waals surface area contributed by atoms with Gasteiger partial charge in [-0.1, -0.05) is 0 Å². The van der Waals surface area contributed by atoms with E-state index in [4.69, 9.17) is 4.74 Å². The lowest BCUT2D eigenvalue weighted by molar-refractivity contribution is 0.408. The standard InChI is InChI=1S/C20H21N3O3S/c1-26-17-11-15(10-16(24)13-17)22-20-6-7-21-19-5-4-14(12-18(19)20)23-27(25)8-2-3-9-27/h4-7,10-13,24H,2-3,8-9H2,1H3,(H,21,22). The number of ether oxygens (including phenoxy) is 1. The van der Waals surface area contributed by atoms with Crippen LogP contribution in [-0.4, -0.2) is 32.9 Å². The average Bonchev–Trinajstić information content (AvgIpc) is 3.07. The Morgan fingerprint density at radius 2 is 1.96 bits per heavy atom. The normalized spacial score (nSPS) is 15.6. The zero-order chi connectivity index (χ0) is 18.9. The Labute approximate surface area is 158 Å². The number of pyridine rings is 1. The Kier molecular flexibility index (Phi) is 4.61. The topological polar surface area (TPSA) is 83.8 Å². The quantitative estimate of drug-likeness (QED) is 0.689. The minimum absolute atomic E-state index is 0.115. The number of nitrogens with one attached hydrogen (secondary N) is 1. The summed E-state index contributed by atoms with van der Waals surface area (Å²) in [6.45, 7) is 0. The summed E-state index contributed by atoms with van der Waals surface area (Å²) in [4.78, 5) is 4.40. The third-order valence-electron chi connectivity index (χ3n) is 4.58. The largest absolute Gasteiger partial charge is 0.508 e. The van der Waals surface area contributed by atoms with Crippen molar-refractivity contribution in [3.8, 4) is 11.5 Å². The summed E-state index contributed by atoms with van der Waals surface area (Å²) < 4.78 is 22.5. The Balaban J connectivity index is 1.76. The van der Waals surface area contributed by atoms with E-state index in [1.807, 2.05) is 24.3 Å². The Bertz CT molecular complexity index is 1110. The fourth-order valence-electron chi connectivity index (χ4n) is 3.27. The van der Waals surface area contributed by atoms with Gasteiger partial charge in [-0.3, -0.25) is 4.98 Å². The number of aromatic hydroxyl groups is 1. The van der Waals surface area contributed by atoms with Crippen molar-refractivity contribution < 1.29 is 14.1 Å². The summed E-state index contributed by atoms with van der Waals surface area (Å²) in [5.74, 6) is 2.02. The fourth-order valence-corrected chi connectivity index (χ4v) is 5.46. The van der Waals surface area contributed by atoms with E-state index in [2.05, 4.69) is 14.7 Å². The molecule has 2 aromatic carbocycles. The van der Waals surface area contributed by atoms with Crippen molar-refractivity contribution in [2.45, 2.75) is 12.8 Å². The summed E-state index contributed by atoms with van der Waals surface area (Å²) in [6.07, 6.45) is 3.67. The zero-order valence-electron chi connectivity index (χ0n) is 15.0. The van der Waals surface area contributed by atoms with Crippen LogP contribution in [0.5, 0.6) is 11.5 Å². The second-order valence-corrected chi connectivity index (χ2v) is 9.13. The molecule has 0 unspecified atom stereocenters. The van der Waals surface area contributed by atoms with Gasteiger partial charge < -0.3 is 15.2 Å². The number of benzene rings is 2. The van der Waals surface area contributed by atoms with Crippen molar-refractivity contribution >= 4 is 37.7 Å². The number of rotatable bonds is 4. The smallest absolute Gasteiger partial charge is 0.124 e. The van der Waals surface area contributed by atoms with E-state index >= 15 is 0 Å². The van der Waals surface area contributed by atoms with Gasteiger partial charge >= 0.3 is 0 Å². The van der Waals surface area contributed by atoms with E-state index in [9.17, 15) is 9.32 Å². The van der Waals surface area contributed by atoms with Crippen LogP contribution in [0.15, 0.2) is 53.0 Å². The second kappa shape index (κ2) is 7.08. The summed E-state index contributed by atoms with van der Waals surface area (Å²) in [5.41, 5.74) is 3.04. The minimum atomic E-state index is -2.13. The molecule has 0 radical (unpaired) electrons. The van der Waals surface area contributed by atoms with Crippen molar-refractivity contribution in [2.75, 3.05) is 23.9 Å². The van der Waals surface area contributed by atoms with Gasteiger partial charge in [-0.05, 0) is 37.1 Å². The van der Waals surface area contributed by atoms with E-state index in [0.717, 1.165) is 29.4 Å². The third-order valence-corrected chi connectivity index (χ3v) is 6.98. The predicted molar refractivity (Wildman–Crippen MR) is 109 cm³/mol. The zero-order valence-corrected chi connectivity index (χ0v) is 15.8. The van der Waals surface area contributed by atoms with Crippen LogP contribution in [0.25, 0.3) is 10.9 Å². The number of anilines is 2. The number of aromatic nitrogens is 1. The first-order valence-electron chi connectivity index (χ1n) is 8.81. The molecular formula is C20H21N3O3S. The van der Waals surface area contributed by atoms with Gasteiger partial charge in [0.2, 0.25) is 0 Å². The highest BCUT2D eigenvalue weighted by molar-refractivity contribution is 7.93. The molecule has 0 bridgehead atoms. The lowest BCUT2D eigenvalue weighted by atomic mass is 10.1. The monoisotopic (exact) mass is 383 g/mol. The van der Waals surface area contributed by atoms with Crippen LogP contribution >= 0.6 is 0 Å². The second-order valence-electron chi connectivity index (χ2n) is 6.58. The summed E-state index contributed by atoms with van der Waals surface area (Å²) in [5, 5.41) is 14.0. The highest BCUT2D eigenvalue weighted by atomic mass is 32.2. The van der Waals surface area contributed by atoms with E-state index in [0.29, 0.717) is 28.6 Å². The molecule has 2 heterocycles. The predicted octanol–water partition coefficient (Wildman–Crippen LogP) is 4.59. The summed E-state index contributed by atoms with van der Waals surface area (Å²) in [6, 6.07) is 12.5. The molecule has 1 fully saturated rings. The minimum Gasteiger partial charge on any atom is -0.508 e. The highest BCUT2D eigenvalue weighted by Gasteiger charge is 2.16. The molecule has 1 aliphatic heterocycles. The molecule has 1 saturated heterocycles. The maximum absolute atomic E-state index is 12.7. The fraction of sp³-hybridized carbons (Fsp3) is 0.250. The van der Waals surface area contributed by atoms with Crippen molar-refractivity contribution in [3.05, 3.63) is 48.7 Å². The van der Waals surface area contributed by atoms with Crippen molar-refractivity contribution in [3.63, 3.8) is 0 Å². The molecule has 0 aliphatic carbocycles. The SMILES string of the molecule is COc1cc(O)cc(Nc2ccnc3ccc(N=S4(=O)CCCC4)cc23)c1. The molecule has 0 amide bonds. The molecule has 7 heteroatoms. The lowest BCUT2D eigenvalue weighted by Gasteiger charge is -2.12. The molecule has 1 aromatic heterocycles. The van der Waals surface area contributed by atoms with E-state index in [1.54, 1.807) is 31.5 Å². The van der Waals surface area contributed by atoms with Crippen molar-refractivity contribution in [1.82, 2.24) is 4.98 Å².